The number of amides is 1. The Balaban J connectivity index is 2.33. The van der Waals surface area contributed by atoms with E-state index in [1.54, 1.807) is 6.07 Å². The van der Waals surface area contributed by atoms with Gasteiger partial charge < -0.3 is 5.11 Å². The number of carbonyl (C=O) groups excluding carboxylic acids is 1. The summed E-state index contributed by atoms with van der Waals surface area (Å²) < 4.78 is 0. The highest BCUT2D eigenvalue weighted by Gasteiger charge is 2.33. The number of carbonyl (C=O) groups is 2. The molecule has 0 unspecified atom stereocenters. The smallest absolute Gasteiger partial charge is 0.374 e. The highest BCUT2D eigenvalue weighted by atomic mass is 16.4. The number of carboxylic acid groups (broad SMARTS) is 1. The van der Waals surface area contributed by atoms with Gasteiger partial charge in [-0.1, -0.05) is 0 Å². The van der Waals surface area contributed by atoms with Crippen LogP contribution in [0.3, 0.4) is 0 Å². The van der Waals surface area contributed by atoms with Crippen molar-refractivity contribution in [2.75, 3.05) is 4.90 Å². The molecule has 1 aromatic heterocycles. The number of anilines is 1. The third kappa shape index (κ3) is 2.00. The molecule has 1 N–H and O–H groups in total. The third-order valence-electron chi connectivity index (χ3n) is 2.33. The first-order valence-corrected chi connectivity index (χ1v) is 4.95. The quantitative estimate of drug-likeness (QED) is 0.811. The van der Waals surface area contributed by atoms with E-state index in [0.29, 0.717) is 5.82 Å². The van der Waals surface area contributed by atoms with Gasteiger partial charge in [-0.25, -0.2) is 14.8 Å². The summed E-state index contributed by atoms with van der Waals surface area (Å²) in [6.45, 7) is 1.45. The van der Waals surface area contributed by atoms with E-state index >= 15 is 0 Å². The van der Waals surface area contributed by atoms with Gasteiger partial charge in [0.2, 0.25) is 11.7 Å². The van der Waals surface area contributed by atoms with Gasteiger partial charge in [-0.3, -0.25) is 9.69 Å². The average molecular weight is 221 g/mol. The van der Waals surface area contributed by atoms with E-state index in [1.165, 1.54) is 18.0 Å². The molecule has 0 atom stereocenters. The summed E-state index contributed by atoms with van der Waals surface area (Å²) in [6.07, 6.45) is 3.22. The number of rotatable bonds is 3. The number of hydrogen-bond acceptors (Lipinski definition) is 4. The second kappa shape index (κ2) is 3.88. The molecule has 84 valence electrons. The SMILES string of the molecule is CC(=O)N(c1ccnc(C(=O)O)n1)C1CC1. The number of aromatic carboxylic acids is 1. The summed E-state index contributed by atoms with van der Waals surface area (Å²) in [5.74, 6) is -1.24. The summed E-state index contributed by atoms with van der Waals surface area (Å²) in [5.41, 5.74) is 0. The second-order valence-corrected chi connectivity index (χ2v) is 3.66. The number of hydrogen-bond donors (Lipinski definition) is 1. The van der Waals surface area contributed by atoms with Crippen molar-refractivity contribution in [3.05, 3.63) is 18.1 Å². The van der Waals surface area contributed by atoms with Crippen LogP contribution in [-0.4, -0.2) is 33.0 Å². The minimum atomic E-state index is -1.19. The molecule has 0 aromatic carbocycles. The lowest BCUT2D eigenvalue weighted by Crippen LogP contribution is -2.31. The van der Waals surface area contributed by atoms with Crippen molar-refractivity contribution < 1.29 is 14.7 Å². The fourth-order valence-electron chi connectivity index (χ4n) is 1.52. The lowest BCUT2D eigenvalue weighted by molar-refractivity contribution is -0.116. The monoisotopic (exact) mass is 221 g/mol. The maximum atomic E-state index is 11.4. The van der Waals surface area contributed by atoms with E-state index in [0.717, 1.165) is 12.8 Å². The molecular formula is C10H11N3O3. The Morgan fingerprint density at radius 3 is 2.69 bits per heavy atom. The van der Waals surface area contributed by atoms with Crippen LogP contribution < -0.4 is 4.90 Å². The first kappa shape index (κ1) is 10.5. The van der Waals surface area contributed by atoms with Gasteiger partial charge in [0.05, 0.1) is 0 Å². The van der Waals surface area contributed by atoms with Gasteiger partial charge in [-0.05, 0) is 18.9 Å². The standard InChI is InChI=1S/C10H11N3O3/c1-6(14)13(7-2-3-7)8-4-5-11-9(12-8)10(15)16/h4-5,7H,2-3H2,1H3,(H,15,16). The minimum absolute atomic E-state index is 0.127. The van der Waals surface area contributed by atoms with Crippen LogP contribution in [0.2, 0.25) is 0 Å². The normalized spacial score (nSPS) is 14.6. The second-order valence-electron chi connectivity index (χ2n) is 3.66. The van der Waals surface area contributed by atoms with Gasteiger partial charge in [-0.2, -0.15) is 0 Å². The maximum Gasteiger partial charge on any atom is 0.374 e. The molecule has 0 bridgehead atoms. The van der Waals surface area contributed by atoms with E-state index in [9.17, 15) is 9.59 Å². The van der Waals surface area contributed by atoms with Crippen molar-refractivity contribution in [1.29, 1.82) is 0 Å². The van der Waals surface area contributed by atoms with E-state index in [2.05, 4.69) is 9.97 Å². The molecule has 16 heavy (non-hydrogen) atoms. The van der Waals surface area contributed by atoms with Gasteiger partial charge in [0.1, 0.15) is 5.82 Å². The van der Waals surface area contributed by atoms with Gasteiger partial charge in [0, 0.05) is 19.2 Å². The van der Waals surface area contributed by atoms with Crippen molar-refractivity contribution in [2.24, 2.45) is 0 Å². The molecule has 6 nitrogen and oxygen atoms in total. The van der Waals surface area contributed by atoms with Crippen LogP contribution in [0.15, 0.2) is 12.3 Å². The van der Waals surface area contributed by atoms with E-state index < -0.39 is 5.97 Å². The van der Waals surface area contributed by atoms with Crippen LogP contribution in [0, 0.1) is 0 Å². The topological polar surface area (TPSA) is 83.4 Å². The summed E-state index contributed by atoms with van der Waals surface area (Å²) in [7, 11) is 0. The average Bonchev–Trinajstić information content (AvgIpc) is 3.02. The fraction of sp³-hybridized carbons (Fsp3) is 0.400. The van der Waals surface area contributed by atoms with Crippen LogP contribution in [0.25, 0.3) is 0 Å². The Morgan fingerprint density at radius 1 is 1.50 bits per heavy atom. The van der Waals surface area contributed by atoms with E-state index in [4.69, 9.17) is 5.11 Å². The highest BCUT2D eigenvalue weighted by molar-refractivity contribution is 5.92. The van der Waals surface area contributed by atoms with Crippen LogP contribution >= 0.6 is 0 Å². The first-order chi connectivity index (χ1) is 7.59. The summed E-state index contributed by atoms with van der Waals surface area (Å²) >= 11 is 0. The van der Waals surface area contributed by atoms with E-state index in [1.807, 2.05) is 0 Å². The first-order valence-electron chi connectivity index (χ1n) is 4.95. The minimum Gasteiger partial charge on any atom is -0.475 e. The molecule has 1 aromatic rings. The van der Waals surface area contributed by atoms with Crippen molar-refractivity contribution in [1.82, 2.24) is 9.97 Å². The summed E-state index contributed by atoms with van der Waals surface area (Å²) in [5, 5.41) is 8.76. The molecule has 1 amide bonds. The highest BCUT2D eigenvalue weighted by Crippen LogP contribution is 2.30. The van der Waals surface area contributed by atoms with Crippen LogP contribution in [-0.2, 0) is 4.79 Å². The summed E-state index contributed by atoms with van der Waals surface area (Å²) in [4.78, 5) is 31.1. The Labute approximate surface area is 91.9 Å². The molecule has 1 aliphatic carbocycles. The molecule has 0 spiro atoms. The predicted molar refractivity (Wildman–Crippen MR) is 55.2 cm³/mol. The number of nitrogens with zero attached hydrogens (tertiary/aromatic N) is 3. The van der Waals surface area contributed by atoms with Crippen LogP contribution in [0.5, 0.6) is 0 Å². The van der Waals surface area contributed by atoms with Crippen molar-refractivity contribution >= 4 is 17.7 Å². The van der Waals surface area contributed by atoms with Gasteiger partial charge in [0.15, 0.2) is 0 Å². The Bertz CT molecular complexity index is 443. The van der Waals surface area contributed by atoms with Crippen molar-refractivity contribution in [2.45, 2.75) is 25.8 Å². The molecule has 1 fully saturated rings. The van der Waals surface area contributed by atoms with Gasteiger partial charge in [0.25, 0.3) is 0 Å². The lowest BCUT2D eigenvalue weighted by atomic mass is 10.4. The van der Waals surface area contributed by atoms with Crippen molar-refractivity contribution in [3.63, 3.8) is 0 Å². The van der Waals surface area contributed by atoms with Crippen molar-refractivity contribution in [3.8, 4) is 0 Å². The Hall–Kier alpha value is -1.98. The molecule has 0 saturated heterocycles. The maximum absolute atomic E-state index is 11.4. The molecule has 1 saturated carbocycles. The van der Waals surface area contributed by atoms with Crippen LogP contribution in [0.4, 0.5) is 5.82 Å². The zero-order valence-electron chi connectivity index (χ0n) is 8.75. The van der Waals surface area contributed by atoms with Crippen LogP contribution in [0.1, 0.15) is 30.4 Å². The lowest BCUT2D eigenvalue weighted by Gasteiger charge is -2.19. The summed E-state index contributed by atoms with van der Waals surface area (Å²) in [6, 6.07) is 1.71. The Kier molecular flexibility index (Phi) is 2.55. The number of aromatic nitrogens is 2. The number of carboxylic acids is 1. The van der Waals surface area contributed by atoms with Gasteiger partial charge >= 0.3 is 5.97 Å². The molecule has 0 aliphatic heterocycles. The Morgan fingerprint density at radius 2 is 2.19 bits per heavy atom. The molecule has 2 rings (SSSR count). The third-order valence-corrected chi connectivity index (χ3v) is 2.33. The largest absolute Gasteiger partial charge is 0.475 e. The molecule has 0 radical (unpaired) electrons. The molecule has 6 heteroatoms. The molecule has 1 aliphatic rings. The fourth-order valence-corrected chi connectivity index (χ4v) is 1.52. The molecular weight excluding hydrogens is 210 g/mol. The molecule has 1 heterocycles. The predicted octanol–water partition coefficient (Wildman–Crippen LogP) is 0.690. The van der Waals surface area contributed by atoms with E-state index in [-0.39, 0.29) is 17.8 Å². The van der Waals surface area contributed by atoms with Gasteiger partial charge in [-0.15, -0.1) is 0 Å². The zero-order valence-corrected chi connectivity index (χ0v) is 8.75. The zero-order chi connectivity index (χ0) is 11.7.